The van der Waals surface area contributed by atoms with Crippen LogP contribution in [0.3, 0.4) is 0 Å². The molecule has 0 radical (unpaired) electrons. The summed E-state index contributed by atoms with van der Waals surface area (Å²) in [5.74, 6) is 2.24. The Balaban J connectivity index is 1.21. The van der Waals surface area contributed by atoms with Crippen LogP contribution in [0, 0.1) is 11.3 Å². The van der Waals surface area contributed by atoms with Crippen molar-refractivity contribution in [2.24, 2.45) is 0 Å². The molecule has 248 valence electrons. The summed E-state index contributed by atoms with van der Waals surface area (Å²) in [6, 6.07) is 19.5. The third-order valence-corrected chi connectivity index (χ3v) is 9.17. The van der Waals surface area contributed by atoms with Crippen molar-refractivity contribution in [1.82, 2.24) is 29.1 Å². The van der Waals surface area contributed by atoms with Gasteiger partial charge in [0, 0.05) is 68.7 Å². The Labute approximate surface area is 280 Å². The van der Waals surface area contributed by atoms with Gasteiger partial charge in [0.25, 0.3) is 5.91 Å². The van der Waals surface area contributed by atoms with Gasteiger partial charge in [-0.15, -0.1) is 0 Å². The first-order valence-electron chi connectivity index (χ1n) is 16.1. The summed E-state index contributed by atoms with van der Waals surface area (Å²) in [4.78, 5) is 40.8. The van der Waals surface area contributed by atoms with E-state index in [0.29, 0.717) is 62.0 Å². The maximum absolute atomic E-state index is 13.8. The molecule has 2 N–H and O–H groups in total. The van der Waals surface area contributed by atoms with Gasteiger partial charge < -0.3 is 25.0 Å². The standard InChI is InChI=1S/C36H40N8O4/c1-36(2,43-20-18-41(19-21-43)35(46)47-3)22-27(23-37)34(45)42-16-7-8-26(24-42)33-40-30(31-32(38)39-15-17-44(31)33)25-11-13-29(14-12-25)48-28-9-5-4-6-10-28/h4-6,9-15,17,22,26H,7-8,16,18-21,24H2,1-3H3,(H2,38,39)/b27-22+. The maximum atomic E-state index is 13.8. The van der Waals surface area contributed by atoms with Crippen LogP contribution in [-0.2, 0) is 9.53 Å². The van der Waals surface area contributed by atoms with Crippen molar-refractivity contribution in [3.63, 3.8) is 0 Å². The molecule has 0 bridgehead atoms. The SMILES string of the molecule is COC(=O)N1CCN(C(C)(C)/C=C(\C#N)C(=O)N2CCCC(c3nc(-c4ccc(Oc5ccccc5)cc4)c4c(N)nccn34)C2)CC1. The van der Waals surface area contributed by atoms with Crippen LogP contribution in [0.5, 0.6) is 11.5 Å². The highest BCUT2D eigenvalue weighted by Crippen LogP contribution is 2.35. The Morgan fingerprint density at radius 3 is 2.40 bits per heavy atom. The van der Waals surface area contributed by atoms with Gasteiger partial charge in [-0.3, -0.25) is 14.1 Å². The number of ether oxygens (including phenoxy) is 2. The van der Waals surface area contributed by atoms with E-state index in [1.165, 1.54) is 7.11 Å². The lowest BCUT2D eigenvalue weighted by molar-refractivity contribution is -0.128. The zero-order chi connectivity index (χ0) is 33.8. The second kappa shape index (κ2) is 13.8. The van der Waals surface area contributed by atoms with E-state index < -0.39 is 5.54 Å². The topological polar surface area (TPSA) is 142 Å². The number of nitrogens with two attached hydrogens (primary N) is 1. The molecule has 4 heterocycles. The first kappa shape index (κ1) is 32.5. The number of nitrogens with zero attached hydrogens (tertiary/aromatic N) is 7. The lowest BCUT2D eigenvalue weighted by atomic mass is 9.94. The van der Waals surface area contributed by atoms with E-state index in [1.807, 2.05) is 79.0 Å². The van der Waals surface area contributed by atoms with E-state index in [1.54, 1.807) is 22.1 Å². The van der Waals surface area contributed by atoms with E-state index in [-0.39, 0.29) is 23.5 Å². The third kappa shape index (κ3) is 6.68. The predicted molar refractivity (Wildman–Crippen MR) is 181 cm³/mol. The number of likely N-dealkylation sites (tertiary alicyclic amines) is 1. The van der Waals surface area contributed by atoms with Crippen LogP contribution in [-0.4, -0.2) is 93.0 Å². The van der Waals surface area contributed by atoms with Gasteiger partial charge in [0.15, 0.2) is 0 Å². The minimum atomic E-state index is -0.571. The average molecular weight is 649 g/mol. The molecule has 2 aromatic heterocycles. The average Bonchev–Trinajstić information content (AvgIpc) is 3.52. The van der Waals surface area contributed by atoms with Crippen molar-refractivity contribution in [1.29, 1.82) is 5.26 Å². The van der Waals surface area contributed by atoms with Gasteiger partial charge in [-0.2, -0.15) is 5.26 Å². The number of nitriles is 1. The van der Waals surface area contributed by atoms with Crippen molar-refractivity contribution in [2.75, 3.05) is 52.1 Å². The molecule has 4 aromatic rings. The number of nitrogen functional groups attached to an aromatic ring is 1. The normalized spacial score (nSPS) is 17.6. The monoisotopic (exact) mass is 648 g/mol. The van der Waals surface area contributed by atoms with Gasteiger partial charge >= 0.3 is 6.09 Å². The summed E-state index contributed by atoms with van der Waals surface area (Å²) < 4.78 is 12.8. The molecule has 0 aliphatic carbocycles. The van der Waals surface area contributed by atoms with Crippen LogP contribution < -0.4 is 10.5 Å². The highest BCUT2D eigenvalue weighted by molar-refractivity contribution is 5.97. The summed E-state index contributed by atoms with van der Waals surface area (Å²) in [5.41, 5.74) is 8.24. The van der Waals surface area contributed by atoms with Gasteiger partial charge in [-0.05, 0) is 69.2 Å². The number of benzene rings is 2. The number of carbonyl (C=O) groups is 2. The summed E-state index contributed by atoms with van der Waals surface area (Å²) in [5, 5.41) is 10.1. The van der Waals surface area contributed by atoms with Gasteiger partial charge in [0.2, 0.25) is 0 Å². The van der Waals surface area contributed by atoms with Gasteiger partial charge in [0.1, 0.15) is 46.0 Å². The molecule has 1 unspecified atom stereocenters. The number of hydrogen-bond donors (Lipinski definition) is 1. The van der Waals surface area contributed by atoms with Crippen LogP contribution >= 0.6 is 0 Å². The second-order valence-electron chi connectivity index (χ2n) is 12.6. The fraction of sp³-hybridized carbons (Fsp3) is 0.361. The molecular formula is C36H40N8O4. The number of anilines is 1. The number of piperidine rings is 1. The highest BCUT2D eigenvalue weighted by atomic mass is 16.5. The molecule has 2 amide bonds. The lowest BCUT2D eigenvalue weighted by Crippen LogP contribution is -2.55. The van der Waals surface area contributed by atoms with E-state index in [2.05, 4.69) is 16.0 Å². The van der Waals surface area contributed by atoms with Crippen molar-refractivity contribution in [2.45, 2.75) is 38.1 Å². The fourth-order valence-corrected chi connectivity index (χ4v) is 6.61. The number of fused-ring (bicyclic) bond motifs is 1. The number of piperazine rings is 1. The van der Waals surface area contributed by atoms with Gasteiger partial charge in [0.05, 0.1) is 7.11 Å². The summed E-state index contributed by atoms with van der Waals surface area (Å²) >= 11 is 0. The summed E-state index contributed by atoms with van der Waals surface area (Å²) in [6.07, 6.45) is 6.52. The zero-order valence-corrected chi connectivity index (χ0v) is 27.5. The molecular weight excluding hydrogens is 608 g/mol. The Morgan fingerprint density at radius 1 is 1.00 bits per heavy atom. The van der Waals surface area contributed by atoms with Crippen LogP contribution in [0.2, 0.25) is 0 Å². The molecule has 0 spiro atoms. The van der Waals surface area contributed by atoms with Crippen LogP contribution in [0.15, 0.2) is 78.6 Å². The van der Waals surface area contributed by atoms with Gasteiger partial charge in [-0.1, -0.05) is 18.2 Å². The van der Waals surface area contributed by atoms with Crippen molar-refractivity contribution in [3.8, 4) is 28.8 Å². The fourth-order valence-electron chi connectivity index (χ4n) is 6.61. The molecule has 2 aromatic carbocycles. The molecule has 2 aliphatic heterocycles. The highest BCUT2D eigenvalue weighted by Gasteiger charge is 2.34. The third-order valence-electron chi connectivity index (χ3n) is 9.17. The Hall–Kier alpha value is -5.41. The molecule has 12 heteroatoms. The molecule has 12 nitrogen and oxygen atoms in total. The minimum Gasteiger partial charge on any atom is -0.457 e. The molecule has 2 aliphatic rings. The number of imidazole rings is 1. The predicted octanol–water partition coefficient (Wildman–Crippen LogP) is 5.09. The van der Waals surface area contributed by atoms with Crippen LogP contribution in [0.25, 0.3) is 16.8 Å². The van der Waals surface area contributed by atoms with Crippen LogP contribution in [0.1, 0.15) is 38.4 Å². The molecule has 6 rings (SSSR count). The molecule has 48 heavy (non-hydrogen) atoms. The summed E-state index contributed by atoms with van der Waals surface area (Å²) in [7, 11) is 1.37. The minimum absolute atomic E-state index is 0.0780. The number of hydrogen-bond acceptors (Lipinski definition) is 9. The molecule has 2 saturated heterocycles. The van der Waals surface area contributed by atoms with E-state index >= 15 is 0 Å². The quantitative estimate of drug-likeness (QED) is 0.214. The van der Waals surface area contributed by atoms with Crippen molar-refractivity contribution in [3.05, 3.63) is 84.5 Å². The lowest BCUT2D eigenvalue weighted by Gasteiger charge is -2.42. The second-order valence-corrected chi connectivity index (χ2v) is 12.6. The zero-order valence-electron chi connectivity index (χ0n) is 27.5. The molecule has 1 atom stereocenters. The van der Waals surface area contributed by atoms with Crippen molar-refractivity contribution < 1.29 is 19.1 Å². The Kier molecular flexibility index (Phi) is 9.32. The van der Waals surface area contributed by atoms with E-state index in [0.717, 1.165) is 30.0 Å². The molecule has 2 fully saturated rings. The summed E-state index contributed by atoms with van der Waals surface area (Å²) in [6.45, 7) is 7.18. The van der Waals surface area contributed by atoms with Crippen LogP contribution in [0.4, 0.5) is 10.6 Å². The number of rotatable bonds is 7. The van der Waals surface area contributed by atoms with E-state index in [9.17, 15) is 14.9 Å². The smallest absolute Gasteiger partial charge is 0.409 e. The van der Waals surface area contributed by atoms with Gasteiger partial charge in [-0.25, -0.2) is 14.8 Å². The maximum Gasteiger partial charge on any atom is 0.409 e. The molecule has 0 saturated carbocycles. The Morgan fingerprint density at radius 2 is 1.71 bits per heavy atom. The first-order chi connectivity index (χ1) is 23.2. The Bertz CT molecular complexity index is 1850. The first-order valence-corrected chi connectivity index (χ1v) is 16.1. The number of para-hydroxylation sites is 1. The largest absolute Gasteiger partial charge is 0.457 e. The number of aromatic nitrogens is 3. The number of amides is 2. The number of methoxy groups -OCH3 is 1. The number of carbonyl (C=O) groups excluding carboxylic acids is 2. The van der Waals surface area contributed by atoms with Crippen molar-refractivity contribution >= 4 is 23.3 Å². The van der Waals surface area contributed by atoms with E-state index in [4.69, 9.17) is 20.2 Å².